The van der Waals surface area contributed by atoms with Gasteiger partial charge in [-0.15, -0.1) is 10.2 Å². The van der Waals surface area contributed by atoms with Gasteiger partial charge in [0.05, 0.1) is 6.04 Å². The van der Waals surface area contributed by atoms with Crippen LogP contribution in [0.3, 0.4) is 0 Å². The zero-order valence-electron chi connectivity index (χ0n) is 9.37. The fourth-order valence-corrected chi connectivity index (χ4v) is 2.18. The molecule has 17 heavy (non-hydrogen) atoms. The van der Waals surface area contributed by atoms with Gasteiger partial charge in [0, 0.05) is 5.56 Å². The summed E-state index contributed by atoms with van der Waals surface area (Å²) in [6.07, 6.45) is 0. The standard InChI is InChI=1S/C11H11F2N3S/c1-6(14-2)10-15-16-11(17-10)7-3-4-8(12)9(13)5-7/h3-6,14H,1-2H3. The van der Waals surface area contributed by atoms with Gasteiger partial charge in [0.15, 0.2) is 11.6 Å². The number of nitrogens with one attached hydrogen (secondary N) is 1. The van der Waals surface area contributed by atoms with E-state index in [2.05, 4.69) is 15.5 Å². The van der Waals surface area contributed by atoms with Gasteiger partial charge in [0.2, 0.25) is 0 Å². The van der Waals surface area contributed by atoms with E-state index >= 15 is 0 Å². The Morgan fingerprint density at radius 3 is 2.65 bits per heavy atom. The van der Waals surface area contributed by atoms with Crippen molar-refractivity contribution in [3.63, 3.8) is 0 Å². The molecule has 1 heterocycles. The maximum Gasteiger partial charge on any atom is 0.159 e. The SMILES string of the molecule is CNC(C)c1nnc(-c2ccc(F)c(F)c2)s1. The first-order valence-electron chi connectivity index (χ1n) is 5.08. The summed E-state index contributed by atoms with van der Waals surface area (Å²) in [5.41, 5.74) is 0.538. The van der Waals surface area contributed by atoms with E-state index < -0.39 is 11.6 Å². The van der Waals surface area contributed by atoms with Crippen molar-refractivity contribution < 1.29 is 8.78 Å². The second-order valence-electron chi connectivity index (χ2n) is 3.58. The van der Waals surface area contributed by atoms with Gasteiger partial charge in [-0.05, 0) is 32.2 Å². The largest absolute Gasteiger partial charge is 0.311 e. The average molecular weight is 255 g/mol. The van der Waals surface area contributed by atoms with E-state index in [0.29, 0.717) is 10.6 Å². The third kappa shape index (κ3) is 2.48. The van der Waals surface area contributed by atoms with E-state index in [1.807, 2.05) is 14.0 Å². The summed E-state index contributed by atoms with van der Waals surface area (Å²) in [4.78, 5) is 0. The maximum absolute atomic E-state index is 13.1. The van der Waals surface area contributed by atoms with E-state index in [1.165, 1.54) is 17.4 Å². The Kier molecular flexibility index (Phi) is 3.44. The molecule has 1 atom stereocenters. The second kappa shape index (κ2) is 4.85. The van der Waals surface area contributed by atoms with Crippen LogP contribution in [0, 0.1) is 11.6 Å². The van der Waals surface area contributed by atoms with Crippen LogP contribution in [0.2, 0.25) is 0 Å². The zero-order chi connectivity index (χ0) is 12.4. The fraction of sp³-hybridized carbons (Fsp3) is 0.273. The molecule has 0 aliphatic carbocycles. The van der Waals surface area contributed by atoms with Gasteiger partial charge in [-0.25, -0.2) is 8.78 Å². The molecule has 0 aliphatic rings. The Balaban J connectivity index is 2.33. The molecule has 2 aromatic rings. The molecule has 90 valence electrons. The van der Waals surface area contributed by atoms with E-state index in [-0.39, 0.29) is 6.04 Å². The zero-order valence-corrected chi connectivity index (χ0v) is 10.2. The molecule has 1 aromatic carbocycles. The molecule has 6 heteroatoms. The summed E-state index contributed by atoms with van der Waals surface area (Å²) in [6, 6.07) is 3.80. The minimum atomic E-state index is -0.874. The molecule has 2 rings (SSSR count). The highest BCUT2D eigenvalue weighted by atomic mass is 32.1. The molecule has 3 nitrogen and oxygen atoms in total. The van der Waals surface area contributed by atoms with Crippen LogP contribution in [0.1, 0.15) is 18.0 Å². The summed E-state index contributed by atoms with van der Waals surface area (Å²) in [5, 5.41) is 12.4. The average Bonchev–Trinajstić information content (AvgIpc) is 2.81. The van der Waals surface area contributed by atoms with Gasteiger partial charge in [0.1, 0.15) is 10.0 Å². The lowest BCUT2D eigenvalue weighted by Crippen LogP contribution is -2.11. The van der Waals surface area contributed by atoms with Crippen LogP contribution in [-0.4, -0.2) is 17.2 Å². The van der Waals surface area contributed by atoms with Crippen LogP contribution in [0.15, 0.2) is 18.2 Å². The predicted octanol–water partition coefficient (Wildman–Crippen LogP) is 2.76. The first kappa shape index (κ1) is 12.1. The summed E-state index contributed by atoms with van der Waals surface area (Å²) in [5.74, 6) is -1.73. The number of benzene rings is 1. The Labute approximate surface area is 102 Å². The van der Waals surface area contributed by atoms with Gasteiger partial charge in [0.25, 0.3) is 0 Å². The minimum Gasteiger partial charge on any atom is -0.311 e. The lowest BCUT2D eigenvalue weighted by molar-refractivity contribution is 0.509. The van der Waals surface area contributed by atoms with Crippen molar-refractivity contribution in [2.45, 2.75) is 13.0 Å². The summed E-state index contributed by atoms with van der Waals surface area (Å²) in [7, 11) is 1.82. The van der Waals surface area contributed by atoms with E-state index in [9.17, 15) is 8.78 Å². The Bertz CT molecular complexity index is 527. The first-order valence-corrected chi connectivity index (χ1v) is 5.89. The Hall–Kier alpha value is -1.40. The smallest absolute Gasteiger partial charge is 0.159 e. The van der Waals surface area contributed by atoms with Crippen LogP contribution >= 0.6 is 11.3 Å². The van der Waals surface area contributed by atoms with Gasteiger partial charge in [-0.1, -0.05) is 11.3 Å². The van der Waals surface area contributed by atoms with Crippen molar-refractivity contribution in [1.82, 2.24) is 15.5 Å². The van der Waals surface area contributed by atoms with Crippen molar-refractivity contribution in [3.05, 3.63) is 34.8 Å². The van der Waals surface area contributed by atoms with Crippen LogP contribution < -0.4 is 5.32 Å². The Morgan fingerprint density at radius 1 is 1.24 bits per heavy atom. The molecule has 0 saturated heterocycles. The molecular weight excluding hydrogens is 244 g/mol. The molecule has 0 bridgehead atoms. The van der Waals surface area contributed by atoms with Gasteiger partial charge in [-0.2, -0.15) is 0 Å². The second-order valence-corrected chi connectivity index (χ2v) is 4.59. The molecule has 1 N–H and O–H groups in total. The predicted molar refractivity (Wildman–Crippen MR) is 62.7 cm³/mol. The topological polar surface area (TPSA) is 37.8 Å². The van der Waals surface area contributed by atoms with Crippen LogP contribution in [-0.2, 0) is 0 Å². The molecule has 0 radical (unpaired) electrons. The lowest BCUT2D eigenvalue weighted by Gasteiger charge is -2.02. The lowest BCUT2D eigenvalue weighted by atomic mass is 10.2. The highest BCUT2D eigenvalue weighted by molar-refractivity contribution is 7.14. The molecule has 0 fully saturated rings. The van der Waals surface area contributed by atoms with Gasteiger partial charge in [-0.3, -0.25) is 0 Å². The fourth-order valence-electron chi connectivity index (χ4n) is 1.28. The molecule has 0 amide bonds. The van der Waals surface area contributed by atoms with Crippen molar-refractivity contribution in [3.8, 4) is 10.6 Å². The number of halogens is 2. The highest BCUT2D eigenvalue weighted by Crippen LogP contribution is 2.27. The van der Waals surface area contributed by atoms with Crippen molar-refractivity contribution in [2.24, 2.45) is 0 Å². The molecule has 1 aromatic heterocycles. The summed E-state index contributed by atoms with van der Waals surface area (Å²) in [6.45, 7) is 1.95. The van der Waals surface area contributed by atoms with E-state index in [0.717, 1.165) is 17.1 Å². The monoisotopic (exact) mass is 255 g/mol. The van der Waals surface area contributed by atoms with Crippen LogP contribution in [0.5, 0.6) is 0 Å². The van der Waals surface area contributed by atoms with Crippen LogP contribution in [0.25, 0.3) is 10.6 Å². The highest BCUT2D eigenvalue weighted by Gasteiger charge is 2.12. The van der Waals surface area contributed by atoms with Crippen LogP contribution in [0.4, 0.5) is 8.78 Å². The van der Waals surface area contributed by atoms with Gasteiger partial charge >= 0.3 is 0 Å². The molecule has 0 aliphatic heterocycles. The van der Waals surface area contributed by atoms with Crippen molar-refractivity contribution >= 4 is 11.3 Å². The maximum atomic E-state index is 13.1. The third-order valence-electron chi connectivity index (χ3n) is 2.41. The number of hydrogen-bond donors (Lipinski definition) is 1. The normalized spacial score (nSPS) is 12.7. The molecule has 1 unspecified atom stereocenters. The Morgan fingerprint density at radius 2 is 2.00 bits per heavy atom. The van der Waals surface area contributed by atoms with Crippen molar-refractivity contribution in [1.29, 1.82) is 0 Å². The van der Waals surface area contributed by atoms with E-state index in [4.69, 9.17) is 0 Å². The van der Waals surface area contributed by atoms with Crippen molar-refractivity contribution in [2.75, 3.05) is 7.05 Å². The quantitative estimate of drug-likeness (QED) is 0.916. The molecule has 0 saturated carbocycles. The number of hydrogen-bond acceptors (Lipinski definition) is 4. The number of aromatic nitrogens is 2. The van der Waals surface area contributed by atoms with E-state index in [1.54, 1.807) is 0 Å². The third-order valence-corrected chi connectivity index (χ3v) is 3.57. The number of rotatable bonds is 3. The first-order chi connectivity index (χ1) is 8.11. The molecular formula is C11H11F2N3S. The van der Waals surface area contributed by atoms with Gasteiger partial charge < -0.3 is 5.32 Å². The molecule has 0 spiro atoms. The summed E-state index contributed by atoms with van der Waals surface area (Å²) < 4.78 is 25.9. The summed E-state index contributed by atoms with van der Waals surface area (Å²) >= 11 is 1.36. The number of nitrogens with zero attached hydrogens (tertiary/aromatic N) is 2. The minimum absolute atomic E-state index is 0.0894.